The number of rotatable bonds is 5. The largest absolute Gasteiger partial charge is 0.440 e. The molecule has 1 aromatic carbocycles. The standard InChI is InChI=1S/C16H17N3OS/c1-12-17-9-15(21-12)11-19(2)10-14-8-18-16(20-14)13-6-4-3-5-7-13/h3-9H,10-11H2,1-2H3. The fourth-order valence-electron chi connectivity index (χ4n) is 2.16. The zero-order chi connectivity index (χ0) is 14.7. The fourth-order valence-corrected chi connectivity index (χ4v) is 3.04. The quantitative estimate of drug-likeness (QED) is 0.720. The van der Waals surface area contributed by atoms with E-state index in [0.29, 0.717) is 5.89 Å². The van der Waals surface area contributed by atoms with E-state index >= 15 is 0 Å². The minimum Gasteiger partial charge on any atom is -0.440 e. The van der Waals surface area contributed by atoms with Crippen LogP contribution in [-0.4, -0.2) is 21.9 Å². The lowest BCUT2D eigenvalue weighted by Gasteiger charge is -2.12. The van der Waals surface area contributed by atoms with Crippen molar-refractivity contribution >= 4 is 11.3 Å². The Morgan fingerprint density at radius 3 is 2.62 bits per heavy atom. The highest BCUT2D eigenvalue weighted by Gasteiger charge is 2.09. The Labute approximate surface area is 128 Å². The van der Waals surface area contributed by atoms with Gasteiger partial charge in [-0.3, -0.25) is 4.90 Å². The van der Waals surface area contributed by atoms with Crippen LogP contribution in [0, 0.1) is 6.92 Å². The lowest BCUT2D eigenvalue weighted by molar-refractivity contribution is 0.291. The van der Waals surface area contributed by atoms with Gasteiger partial charge in [-0.2, -0.15) is 0 Å². The van der Waals surface area contributed by atoms with Gasteiger partial charge >= 0.3 is 0 Å². The van der Waals surface area contributed by atoms with Gasteiger partial charge in [0, 0.05) is 23.2 Å². The van der Waals surface area contributed by atoms with Crippen LogP contribution in [0.2, 0.25) is 0 Å². The van der Waals surface area contributed by atoms with Crippen molar-refractivity contribution in [3.05, 3.63) is 58.4 Å². The van der Waals surface area contributed by atoms with Gasteiger partial charge in [0.05, 0.1) is 17.7 Å². The summed E-state index contributed by atoms with van der Waals surface area (Å²) in [5.74, 6) is 1.55. The van der Waals surface area contributed by atoms with Gasteiger partial charge in [0.2, 0.25) is 5.89 Å². The summed E-state index contributed by atoms with van der Waals surface area (Å²) in [6.07, 6.45) is 3.74. The number of aryl methyl sites for hydroxylation is 1. The number of benzene rings is 1. The van der Waals surface area contributed by atoms with Crippen LogP contribution < -0.4 is 0 Å². The van der Waals surface area contributed by atoms with E-state index in [1.807, 2.05) is 43.5 Å². The monoisotopic (exact) mass is 299 g/mol. The number of nitrogens with zero attached hydrogens (tertiary/aromatic N) is 3. The Hall–Kier alpha value is -1.98. The molecule has 0 bridgehead atoms. The van der Waals surface area contributed by atoms with Crippen LogP contribution >= 0.6 is 11.3 Å². The molecule has 0 unspecified atom stereocenters. The van der Waals surface area contributed by atoms with Gasteiger partial charge in [0.15, 0.2) is 0 Å². The molecular weight excluding hydrogens is 282 g/mol. The van der Waals surface area contributed by atoms with Crippen LogP contribution in [-0.2, 0) is 13.1 Å². The van der Waals surface area contributed by atoms with Gasteiger partial charge < -0.3 is 4.42 Å². The highest BCUT2D eigenvalue weighted by molar-refractivity contribution is 7.11. The summed E-state index contributed by atoms with van der Waals surface area (Å²) >= 11 is 1.73. The number of hydrogen-bond donors (Lipinski definition) is 0. The molecule has 2 heterocycles. The fraction of sp³-hybridized carbons (Fsp3) is 0.250. The Balaban J connectivity index is 1.64. The van der Waals surface area contributed by atoms with Crippen LogP contribution in [0.5, 0.6) is 0 Å². The van der Waals surface area contributed by atoms with Crippen molar-refractivity contribution < 1.29 is 4.42 Å². The number of hydrogen-bond acceptors (Lipinski definition) is 5. The van der Waals surface area contributed by atoms with E-state index in [2.05, 4.69) is 21.9 Å². The van der Waals surface area contributed by atoms with Crippen molar-refractivity contribution in [2.24, 2.45) is 0 Å². The van der Waals surface area contributed by atoms with Gasteiger partial charge in [-0.25, -0.2) is 9.97 Å². The zero-order valence-electron chi connectivity index (χ0n) is 12.1. The van der Waals surface area contributed by atoms with E-state index in [1.165, 1.54) is 4.88 Å². The summed E-state index contributed by atoms with van der Waals surface area (Å²) in [7, 11) is 2.07. The third-order valence-electron chi connectivity index (χ3n) is 3.09. The minimum absolute atomic E-state index is 0.674. The van der Waals surface area contributed by atoms with E-state index in [4.69, 9.17) is 4.42 Å². The molecule has 108 valence electrons. The molecule has 2 aromatic heterocycles. The predicted octanol–water partition coefficient (Wildman–Crippen LogP) is 3.74. The summed E-state index contributed by atoms with van der Waals surface area (Å²) in [5, 5.41) is 1.10. The maximum Gasteiger partial charge on any atom is 0.226 e. The lowest BCUT2D eigenvalue weighted by Crippen LogP contribution is -2.16. The van der Waals surface area contributed by atoms with Gasteiger partial charge in [-0.15, -0.1) is 11.3 Å². The molecule has 3 rings (SSSR count). The third-order valence-corrected chi connectivity index (χ3v) is 3.99. The third kappa shape index (κ3) is 3.56. The second-order valence-electron chi connectivity index (χ2n) is 5.02. The van der Waals surface area contributed by atoms with Crippen LogP contribution in [0.25, 0.3) is 11.5 Å². The molecule has 0 spiro atoms. The average molecular weight is 299 g/mol. The molecule has 0 fully saturated rings. The second-order valence-corrected chi connectivity index (χ2v) is 6.33. The lowest BCUT2D eigenvalue weighted by atomic mass is 10.2. The van der Waals surface area contributed by atoms with Gasteiger partial charge in [0.25, 0.3) is 0 Å². The van der Waals surface area contributed by atoms with Crippen molar-refractivity contribution in [1.82, 2.24) is 14.9 Å². The molecule has 0 aliphatic carbocycles. The molecule has 4 nitrogen and oxygen atoms in total. The van der Waals surface area contributed by atoms with Gasteiger partial charge in [-0.05, 0) is 26.1 Å². The van der Waals surface area contributed by atoms with E-state index in [-0.39, 0.29) is 0 Å². The summed E-state index contributed by atoms with van der Waals surface area (Å²) in [4.78, 5) is 12.1. The number of aromatic nitrogens is 2. The summed E-state index contributed by atoms with van der Waals surface area (Å²) in [5.41, 5.74) is 1.00. The highest BCUT2D eigenvalue weighted by Crippen LogP contribution is 2.20. The summed E-state index contributed by atoms with van der Waals surface area (Å²) in [6, 6.07) is 9.95. The van der Waals surface area contributed by atoms with Crippen molar-refractivity contribution in [3.8, 4) is 11.5 Å². The molecule has 5 heteroatoms. The molecule has 0 atom stereocenters. The summed E-state index contributed by atoms with van der Waals surface area (Å²) < 4.78 is 5.82. The van der Waals surface area contributed by atoms with Crippen molar-refractivity contribution in [2.75, 3.05) is 7.05 Å². The Morgan fingerprint density at radius 1 is 1.10 bits per heavy atom. The van der Waals surface area contributed by atoms with Crippen LogP contribution in [0.1, 0.15) is 15.6 Å². The Bertz CT molecular complexity index is 705. The van der Waals surface area contributed by atoms with Crippen LogP contribution in [0.4, 0.5) is 0 Å². The Morgan fingerprint density at radius 2 is 1.90 bits per heavy atom. The maximum atomic E-state index is 5.82. The van der Waals surface area contributed by atoms with E-state index < -0.39 is 0 Å². The average Bonchev–Trinajstić information content (AvgIpc) is 3.09. The van der Waals surface area contributed by atoms with Crippen LogP contribution in [0.15, 0.2) is 47.1 Å². The van der Waals surface area contributed by atoms with Crippen molar-refractivity contribution in [3.63, 3.8) is 0 Å². The second kappa shape index (κ2) is 6.20. The van der Waals surface area contributed by atoms with Gasteiger partial charge in [-0.1, -0.05) is 18.2 Å². The van der Waals surface area contributed by atoms with E-state index in [1.54, 1.807) is 17.5 Å². The number of oxazole rings is 1. The van der Waals surface area contributed by atoms with Gasteiger partial charge in [0.1, 0.15) is 5.76 Å². The molecule has 0 radical (unpaired) electrons. The molecule has 0 saturated carbocycles. The first-order valence-corrected chi connectivity index (χ1v) is 7.62. The first kappa shape index (κ1) is 14.0. The van der Waals surface area contributed by atoms with Crippen molar-refractivity contribution in [1.29, 1.82) is 0 Å². The number of thiazole rings is 1. The van der Waals surface area contributed by atoms with Crippen LogP contribution in [0.3, 0.4) is 0 Å². The molecule has 3 aromatic rings. The van der Waals surface area contributed by atoms with E-state index in [0.717, 1.165) is 29.4 Å². The normalized spacial score (nSPS) is 11.2. The molecule has 0 N–H and O–H groups in total. The smallest absolute Gasteiger partial charge is 0.226 e. The Kier molecular flexibility index (Phi) is 4.13. The SMILES string of the molecule is Cc1ncc(CN(C)Cc2cnc(-c3ccccc3)o2)s1. The molecule has 21 heavy (non-hydrogen) atoms. The summed E-state index contributed by atoms with van der Waals surface area (Å²) in [6.45, 7) is 3.63. The topological polar surface area (TPSA) is 42.2 Å². The predicted molar refractivity (Wildman–Crippen MR) is 84.0 cm³/mol. The molecule has 0 amide bonds. The molecule has 0 saturated heterocycles. The first-order chi connectivity index (χ1) is 10.2. The van der Waals surface area contributed by atoms with E-state index in [9.17, 15) is 0 Å². The first-order valence-electron chi connectivity index (χ1n) is 6.80. The van der Waals surface area contributed by atoms with Crippen molar-refractivity contribution in [2.45, 2.75) is 20.0 Å². The maximum absolute atomic E-state index is 5.82. The molecular formula is C16H17N3OS. The molecule has 0 aliphatic rings. The molecule has 0 aliphatic heterocycles. The minimum atomic E-state index is 0.674. The highest BCUT2D eigenvalue weighted by atomic mass is 32.1. The zero-order valence-corrected chi connectivity index (χ0v) is 12.9.